The van der Waals surface area contributed by atoms with E-state index < -0.39 is 0 Å². The van der Waals surface area contributed by atoms with Gasteiger partial charge in [-0.15, -0.1) is 0 Å². The predicted molar refractivity (Wildman–Crippen MR) is 56.5 cm³/mol. The van der Waals surface area contributed by atoms with Crippen LogP contribution in [0.3, 0.4) is 0 Å². The molecule has 3 nitrogen and oxygen atoms in total. The number of ether oxygens (including phenoxy) is 1. The minimum atomic E-state index is 0.662. The summed E-state index contributed by atoms with van der Waals surface area (Å²) in [4.78, 5) is 0. The zero-order chi connectivity index (χ0) is 10.6. The van der Waals surface area contributed by atoms with E-state index >= 15 is 0 Å². The summed E-state index contributed by atoms with van der Waals surface area (Å²) in [6.07, 6.45) is 1.41. The number of oxime groups is 1. The van der Waals surface area contributed by atoms with Gasteiger partial charge in [0, 0.05) is 0 Å². The lowest BCUT2D eigenvalue weighted by atomic mass is 10.1. The fraction of sp³-hybridized carbons (Fsp3) is 0.364. The van der Waals surface area contributed by atoms with Crippen molar-refractivity contribution in [2.75, 3.05) is 6.61 Å². The maximum atomic E-state index is 8.41. The number of hydrogen-bond acceptors (Lipinski definition) is 3. The first-order valence-electron chi connectivity index (χ1n) is 4.60. The van der Waals surface area contributed by atoms with E-state index in [1.165, 1.54) is 6.21 Å². The van der Waals surface area contributed by atoms with Gasteiger partial charge >= 0.3 is 0 Å². The molecule has 1 N–H and O–H groups in total. The van der Waals surface area contributed by atoms with Gasteiger partial charge in [-0.2, -0.15) is 0 Å². The van der Waals surface area contributed by atoms with Crippen LogP contribution in [0.2, 0.25) is 0 Å². The van der Waals surface area contributed by atoms with E-state index in [1.54, 1.807) is 0 Å². The minimum absolute atomic E-state index is 0.662. The van der Waals surface area contributed by atoms with E-state index in [4.69, 9.17) is 9.94 Å². The molecule has 0 aliphatic heterocycles. The molecular weight excluding hydrogens is 178 g/mol. The summed E-state index contributed by atoms with van der Waals surface area (Å²) in [6.45, 7) is 6.58. The number of benzene rings is 1. The van der Waals surface area contributed by atoms with Crippen molar-refractivity contribution < 1.29 is 9.94 Å². The molecule has 1 rings (SSSR count). The first-order chi connectivity index (χ1) is 6.69. The van der Waals surface area contributed by atoms with Crippen LogP contribution >= 0.6 is 0 Å². The molecule has 0 saturated heterocycles. The zero-order valence-electron chi connectivity index (χ0n) is 8.74. The van der Waals surface area contributed by atoms with E-state index in [9.17, 15) is 0 Å². The van der Waals surface area contributed by atoms with Gasteiger partial charge in [0.05, 0.1) is 12.8 Å². The van der Waals surface area contributed by atoms with E-state index in [1.807, 2.05) is 32.9 Å². The van der Waals surface area contributed by atoms with E-state index in [2.05, 4.69) is 5.16 Å². The van der Waals surface area contributed by atoms with Gasteiger partial charge in [0.15, 0.2) is 0 Å². The zero-order valence-corrected chi connectivity index (χ0v) is 8.74. The van der Waals surface area contributed by atoms with Crippen molar-refractivity contribution in [3.8, 4) is 5.75 Å². The molecule has 0 fully saturated rings. The van der Waals surface area contributed by atoms with Crippen molar-refractivity contribution in [2.24, 2.45) is 5.16 Å². The average Bonchev–Trinajstić information content (AvgIpc) is 2.12. The van der Waals surface area contributed by atoms with Gasteiger partial charge in [-0.25, -0.2) is 0 Å². The van der Waals surface area contributed by atoms with E-state index in [-0.39, 0.29) is 0 Å². The van der Waals surface area contributed by atoms with Crippen LogP contribution in [-0.4, -0.2) is 18.0 Å². The predicted octanol–water partition coefficient (Wildman–Crippen LogP) is 2.51. The first kappa shape index (κ1) is 10.6. The number of hydrogen-bond donors (Lipinski definition) is 1. The number of rotatable bonds is 3. The summed E-state index contributed by atoms with van der Waals surface area (Å²) in [5.41, 5.74) is 2.99. The Balaban J connectivity index is 3.11. The quantitative estimate of drug-likeness (QED) is 0.455. The van der Waals surface area contributed by atoms with Gasteiger partial charge in [-0.1, -0.05) is 5.16 Å². The summed E-state index contributed by atoms with van der Waals surface area (Å²) in [5.74, 6) is 0.919. The molecule has 0 bridgehead atoms. The molecule has 0 aliphatic carbocycles. The Kier molecular flexibility index (Phi) is 3.51. The van der Waals surface area contributed by atoms with Crippen LogP contribution in [-0.2, 0) is 0 Å². The Bertz CT molecular complexity index is 322. The van der Waals surface area contributed by atoms with Crippen LogP contribution in [0.5, 0.6) is 5.75 Å². The molecular formula is C11H15NO2. The maximum Gasteiger partial charge on any atom is 0.125 e. The summed E-state index contributed by atoms with van der Waals surface area (Å²) >= 11 is 0. The van der Waals surface area contributed by atoms with Crippen molar-refractivity contribution >= 4 is 6.21 Å². The Hall–Kier alpha value is -1.51. The summed E-state index contributed by atoms with van der Waals surface area (Å²) in [5, 5.41) is 11.4. The third kappa shape index (κ3) is 2.25. The lowest BCUT2D eigenvalue weighted by molar-refractivity contribution is 0.321. The molecule has 14 heavy (non-hydrogen) atoms. The van der Waals surface area contributed by atoms with E-state index in [0.717, 1.165) is 22.4 Å². The molecule has 1 aromatic rings. The SMILES string of the molecule is CCOc1c(C)cc(/C=N\O)cc1C. The molecule has 0 atom stereocenters. The maximum absolute atomic E-state index is 8.41. The Labute approximate surface area is 84.0 Å². The summed E-state index contributed by atoms with van der Waals surface area (Å²) in [6, 6.07) is 3.86. The highest BCUT2D eigenvalue weighted by Crippen LogP contribution is 2.24. The van der Waals surface area contributed by atoms with Gasteiger partial charge in [0.2, 0.25) is 0 Å². The third-order valence-electron chi connectivity index (χ3n) is 1.98. The second-order valence-electron chi connectivity index (χ2n) is 3.16. The molecule has 0 saturated carbocycles. The molecule has 0 amide bonds. The van der Waals surface area contributed by atoms with Crippen molar-refractivity contribution in [1.29, 1.82) is 0 Å². The van der Waals surface area contributed by atoms with Crippen molar-refractivity contribution in [3.63, 3.8) is 0 Å². The van der Waals surface area contributed by atoms with Gasteiger partial charge in [0.25, 0.3) is 0 Å². The topological polar surface area (TPSA) is 41.8 Å². The number of nitrogens with zero attached hydrogens (tertiary/aromatic N) is 1. The molecule has 0 aromatic heterocycles. The average molecular weight is 193 g/mol. The van der Waals surface area contributed by atoms with Crippen LogP contribution in [0.4, 0.5) is 0 Å². The Morgan fingerprint density at radius 1 is 1.36 bits per heavy atom. The van der Waals surface area contributed by atoms with Crippen LogP contribution in [0, 0.1) is 13.8 Å². The smallest absolute Gasteiger partial charge is 0.125 e. The molecule has 76 valence electrons. The Morgan fingerprint density at radius 3 is 2.36 bits per heavy atom. The standard InChI is InChI=1S/C11H15NO2/c1-4-14-11-8(2)5-10(7-12-13)6-9(11)3/h5-7,13H,4H2,1-3H3/b12-7-. The van der Waals surface area contributed by atoms with Gasteiger partial charge in [-0.3, -0.25) is 0 Å². The summed E-state index contributed by atoms with van der Waals surface area (Å²) < 4.78 is 5.49. The highest BCUT2D eigenvalue weighted by Gasteiger charge is 2.04. The van der Waals surface area contributed by atoms with Crippen LogP contribution < -0.4 is 4.74 Å². The fourth-order valence-electron chi connectivity index (χ4n) is 1.50. The molecule has 0 radical (unpaired) electrons. The first-order valence-corrected chi connectivity index (χ1v) is 4.60. The summed E-state index contributed by atoms with van der Waals surface area (Å²) in [7, 11) is 0. The molecule has 0 heterocycles. The molecule has 0 aliphatic rings. The third-order valence-corrected chi connectivity index (χ3v) is 1.98. The fourth-order valence-corrected chi connectivity index (χ4v) is 1.50. The second-order valence-corrected chi connectivity index (χ2v) is 3.16. The highest BCUT2D eigenvalue weighted by molar-refractivity contribution is 5.80. The molecule has 1 aromatic carbocycles. The van der Waals surface area contributed by atoms with Crippen LogP contribution in [0.25, 0.3) is 0 Å². The monoisotopic (exact) mass is 193 g/mol. The van der Waals surface area contributed by atoms with E-state index in [0.29, 0.717) is 6.61 Å². The van der Waals surface area contributed by atoms with Crippen LogP contribution in [0.15, 0.2) is 17.3 Å². The number of aryl methyl sites for hydroxylation is 2. The lowest BCUT2D eigenvalue weighted by Gasteiger charge is -2.10. The largest absolute Gasteiger partial charge is 0.493 e. The molecule has 3 heteroatoms. The second kappa shape index (κ2) is 4.65. The van der Waals surface area contributed by atoms with Gasteiger partial charge < -0.3 is 9.94 Å². The van der Waals surface area contributed by atoms with Crippen LogP contribution in [0.1, 0.15) is 23.6 Å². The minimum Gasteiger partial charge on any atom is -0.493 e. The van der Waals surface area contributed by atoms with Gasteiger partial charge in [-0.05, 0) is 49.6 Å². The van der Waals surface area contributed by atoms with Crippen molar-refractivity contribution in [1.82, 2.24) is 0 Å². The van der Waals surface area contributed by atoms with Crippen molar-refractivity contribution in [3.05, 3.63) is 28.8 Å². The van der Waals surface area contributed by atoms with Crippen molar-refractivity contribution in [2.45, 2.75) is 20.8 Å². The normalized spacial score (nSPS) is 10.8. The Morgan fingerprint density at radius 2 is 1.93 bits per heavy atom. The molecule has 0 spiro atoms. The lowest BCUT2D eigenvalue weighted by Crippen LogP contribution is -1.98. The molecule has 0 unspecified atom stereocenters. The highest BCUT2D eigenvalue weighted by atomic mass is 16.5. The van der Waals surface area contributed by atoms with Gasteiger partial charge in [0.1, 0.15) is 5.75 Å².